The number of nitrogens with two attached hydrogens (primary N) is 2. The van der Waals surface area contributed by atoms with Crippen molar-refractivity contribution in [3.05, 3.63) is 41.6 Å². The van der Waals surface area contributed by atoms with Crippen molar-refractivity contribution in [3.63, 3.8) is 0 Å². The fraction of sp³-hybridized carbons (Fsp3) is 0.435. The van der Waals surface area contributed by atoms with Crippen molar-refractivity contribution in [2.75, 3.05) is 29.9 Å². The standard InChI is InChI=1S/C22H28N8O.CH2O2/c1-13(19(24)31)29(2)21-17-20(27-28-21)26-16(12-25-17)30-9-7-22(8-10-30)11-14-5-3-4-6-15(14)18(22)23;2-1-3/h3-6,12-13,18H,7-11,23H2,1-2H3,(H2,24,31)(H,26,27,28);1H,(H,2,3)/t13-,18+;/m0./s1. The lowest BCUT2D eigenvalue weighted by molar-refractivity contribution is -0.123. The number of carboxylic acid groups (broad SMARTS) is 1. The van der Waals surface area contributed by atoms with Gasteiger partial charge in [0.15, 0.2) is 17.0 Å². The number of aromatic nitrogens is 4. The van der Waals surface area contributed by atoms with Crippen LogP contribution in [0.5, 0.6) is 0 Å². The Morgan fingerprint density at radius 2 is 2.03 bits per heavy atom. The third-order valence-electron chi connectivity index (χ3n) is 7.24. The summed E-state index contributed by atoms with van der Waals surface area (Å²) in [5.74, 6) is 0.970. The highest BCUT2D eigenvalue weighted by atomic mass is 16.3. The molecular weight excluding hydrogens is 436 g/mol. The van der Waals surface area contributed by atoms with E-state index in [2.05, 4.69) is 44.3 Å². The van der Waals surface area contributed by atoms with Crippen LogP contribution in [0.4, 0.5) is 11.6 Å². The smallest absolute Gasteiger partial charge is 0.290 e. The van der Waals surface area contributed by atoms with Crippen LogP contribution in [0.15, 0.2) is 30.5 Å². The van der Waals surface area contributed by atoms with Crippen molar-refractivity contribution in [2.45, 2.75) is 38.3 Å². The number of aromatic amines is 1. The summed E-state index contributed by atoms with van der Waals surface area (Å²) in [5, 5.41) is 14.1. The Balaban J connectivity index is 0.000000868. The van der Waals surface area contributed by atoms with E-state index in [1.54, 1.807) is 25.1 Å². The topological polar surface area (TPSA) is 167 Å². The van der Waals surface area contributed by atoms with Crippen LogP contribution in [-0.4, -0.2) is 63.8 Å². The van der Waals surface area contributed by atoms with E-state index in [0.717, 1.165) is 38.2 Å². The SMILES string of the molecule is C[C@@H](C(N)=O)N(C)c1n[nH]c2nc(N3CCC4(CC3)Cc3ccccc3[C@H]4N)cnc12.O=CO. The van der Waals surface area contributed by atoms with E-state index in [1.807, 2.05) is 0 Å². The lowest BCUT2D eigenvalue weighted by Crippen LogP contribution is -2.44. The summed E-state index contributed by atoms with van der Waals surface area (Å²) in [4.78, 5) is 33.2. The molecule has 5 rings (SSSR count). The maximum absolute atomic E-state index is 11.5. The molecule has 0 bridgehead atoms. The van der Waals surface area contributed by atoms with E-state index < -0.39 is 11.9 Å². The van der Waals surface area contributed by atoms with Crippen molar-refractivity contribution < 1.29 is 14.7 Å². The van der Waals surface area contributed by atoms with Crippen LogP contribution in [-0.2, 0) is 16.0 Å². The number of H-pyrrole nitrogens is 1. The highest BCUT2D eigenvalue weighted by Crippen LogP contribution is 2.50. The van der Waals surface area contributed by atoms with Gasteiger partial charge >= 0.3 is 0 Å². The first-order valence-electron chi connectivity index (χ1n) is 11.2. The molecular formula is C23H30N8O3. The quantitative estimate of drug-likeness (QED) is 0.413. The second kappa shape index (κ2) is 9.26. The van der Waals surface area contributed by atoms with Crippen molar-refractivity contribution in [1.29, 1.82) is 0 Å². The summed E-state index contributed by atoms with van der Waals surface area (Å²) in [7, 11) is 1.77. The fourth-order valence-corrected chi connectivity index (χ4v) is 5.04. The number of rotatable bonds is 4. The van der Waals surface area contributed by atoms with Crippen molar-refractivity contribution >= 4 is 35.2 Å². The summed E-state index contributed by atoms with van der Waals surface area (Å²) < 4.78 is 0. The first kappa shape index (κ1) is 23.4. The maximum atomic E-state index is 11.5. The Labute approximate surface area is 197 Å². The van der Waals surface area contributed by atoms with Crippen LogP contribution in [0.1, 0.15) is 36.9 Å². The molecule has 34 heavy (non-hydrogen) atoms. The lowest BCUT2D eigenvalue weighted by Gasteiger charge is -2.42. The third kappa shape index (κ3) is 4.03. The lowest BCUT2D eigenvalue weighted by atomic mass is 9.73. The Hall–Kier alpha value is -3.73. The third-order valence-corrected chi connectivity index (χ3v) is 7.24. The molecule has 0 saturated carbocycles. The number of piperidine rings is 1. The number of hydrogen-bond donors (Lipinski definition) is 4. The summed E-state index contributed by atoms with van der Waals surface area (Å²) in [6, 6.07) is 8.17. The summed E-state index contributed by atoms with van der Waals surface area (Å²) in [5.41, 5.74) is 16.2. The van der Waals surface area contributed by atoms with Gasteiger partial charge in [-0.25, -0.2) is 9.97 Å². The van der Waals surface area contributed by atoms with Crippen LogP contribution in [0.25, 0.3) is 11.2 Å². The first-order valence-corrected chi connectivity index (χ1v) is 11.2. The Morgan fingerprint density at radius 1 is 1.35 bits per heavy atom. The number of carbonyl (C=O) groups is 2. The average molecular weight is 467 g/mol. The van der Waals surface area contributed by atoms with E-state index in [9.17, 15) is 4.79 Å². The molecule has 1 aliphatic heterocycles. The molecule has 11 heteroatoms. The zero-order valence-corrected chi connectivity index (χ0v) is 19.3. The Morgan fingerprint density at radius 3 is 2.68 bits per heavy atom. The van der Waals surface area contributed by atoms with Gasteiger partial charge in [0.2, 0.25) is 5.91 Å². The van der Waals surface area contributed by atoms with Gasteiger partial charge in [-0.05, 0) is 42.7 Å². The van der Waals surface area contributed by atoms with Crippen molar-refractivity contribution in [3.8, 4) is 0 Å². The number of likely N-dealkylation sites (N-methyl/N-ethyl adjacent to an activating group) is 1. The number of benzene rings is 1. The molecule has 6 N–H and O–H groups in total. The average Bonchev–Trinajstić information content (AvgIpc) is 3.38. The van der Waals surface area contributed by atoms with Crippen LogP contribution in [0.2, 0.25) is 0 Å². The van der Waals surface area contributed by atoms with Crippen molar-refractivity contribution in [2.24, 2.45) is 16.9 Å². The molecule has 2 aromatic heterocycles. The number of carbonyl (C=O) groups excluding carboxylic acids is 1. The predicted molar refractivity (Wildman–Crippen MR) is 128 cm³/mol. The van der Waals surface area contributed by atoms with Gasteiger partial charge in [0.05, 0.1) is 6.20 Å². The minimum absolute atomic E-state index is 0.0948. The molecule has 1 aromatic carbocycles. The molecule has 1 spiro atoms. The molecule has 2 atom stereocenters. The zero-order chi connectivity index (χ0) is 24.5. The molecule has 2 aliphatic rings. The number of anilines is 2. The molecule has 1 aliphatic carbocycles. The maximum Gasteiger partial charge on any atom is 0.290 e. The fourth-order valence-electron chi connectivity index (χ4n) is 5.04. The molecule has 11 nitrogen and oxygen atoms in total. The van der Waals surface area contributed by atoms with Gasteiger partial charge in [0, 0.05) is 26.2 Å². The van der Waals surface area contributed by atoms with Gasteiger partial charge in [-0.3, -0.25) is 14.7 Å². The van der Waals surface area contributed by atoms with Gasteiger partial charge in [0.1, 0.15) is 11.9 Å². The number of nitrogens with zero attached hydrogens (tertiary/aromatic N) is 5. The Bertz CT molecular complexity index is 1190. The Kier molecular flexibility index (Phi) is 6.38. The largest absolute Gasteiger partial charge is 0.483 e. The molecule has 180 valence electrons. The number of hydrogen-bond acceptors (Lipinski definition) is 8. The van der Waals surface area contributed by atoms with E-state index in [4.69, 9.17) is 26.4 Å². The normalized spacial score (nSPS) is 19.3. The van der Waals surface area contributed by atoms with Crippen LogP contribution >= 0.6 is 0 Å². The number of amides is 1. The molecule has 1 fully saturated rings. The minimum Gasteiger partial charge on any atom is -0.483 e. The highest BCUT2D eigenvalue weighted by molar-refractivity contribution is 5.89. The molecule has 0 unspecified atom stereocenters. The number of fused-ring (bicyclic) bond motifs is 2. The molecule has 3 heterocycles. The summed E-state index contributed by atoms with van der Waals surface area (Å²) >= 11 is 0. The number of primary amides is 1. The molecule has 1 amide bonds. The monoisotopic (exact) mass is 466 g/mol. The summed E-state index contributed by atoms with van der Waals surface area (Å²) in [6.07, 6.45) is 4.88. The molecule has 3 aromatic rings. The first-order chi connectivity index (χ1) is 16.3. The molecule has 1 saturated heterocycles. The van der Waals surface area contributed by atoms with Gasteiger partial charge in [-0.15, -0.1) is 0 Å². The predicted octanol–water partition coefficient (Wildman–Crippen LogP) is 1.21. The van der Waals surface area contributed by atoms with Gasteiger partial charge < -0.3 is 26.4 Å². The van der Waals surface area contributed by atoms with Gasteiger partial charge in [-0.2, -0.15) is 5.10 Å². The number of nitrogens with one attached hydrogen (secondary N) is 1. The molecule has 0 radical (unpaired) electrons. The second-order valence-corrected chi connectivity index (χ2v) is 8.97. The van der Waals surface area contributed by atoms with Gasteiger partial charge in [0.25, 0.3) is 6.47 Å². The minimum atomic E-state index is -0.494. The zero-order valence-electron chi connectivity index (χ0n) is 19.3. The van der Waals surface area contributed by atoms with Crippen molar-refractivity contribution in [1.82, 2.24) is 20.2 Å². The van der Waals surface area contributed by atoms with E-state index in [0.29, 0.717) is 17.0 Å². The van der Waals surface area contributed by atoms with E-state index in [-0.39, 0.29) is 17.9 Å². The van der Waals surface area contributed by atoms with Crippen LogP contribution in [0, 0.1) is 5.41 Å². The van der Waals surface area contributed by atoms with Crippen LogP contribution in [0.3, 0.4) is 0 Å². The second-order valence-electron chi connectivity index (χ2n) is 8.97. The summed E-state index contributed by atoms with van der Waals surface area (Å²) in [6.45, 7) is 3.27. The van der Waals surface area contributed by atoms with Gasteiger partial charge in [-0.1, -0.05) is 24.3 Å². The van der Waals surface area contributed by atoms with E-state index in [1.165, 1.54) is 11.1 Å². The highest BCUT2D eigenvalue weighted by Gasteiger charge is 2.45. The van der Waals surface area contributed by atoms with E-state index >= 15 is 0 Å². The van der Waals surface area contributed by atoms with Crippen LogP contribution < -0.4 is 21.3 Å².